The molecule has 1 aliphatic heterocycles. The summed E-state index contributed by atoms with van der Waals surface area (Å²) in [6, 6.07) is 16.1. The Labute approximate surface area is 164 Å². The summed E-state index contributed by atoms with van der Waals surface area (Å²) in [6.45, 7) is 1.44. The van der Waals surface area contributed by atoms with Crippen molar-refractivity contribution in [1.82, 2.24) is 10.2 Å². The van der Waals surface area contributed by atoms with Gasteiger partial charge in [-0.3, -0.25) is 9.59 Å². The van der Waals surface area contributed by atoms with Crippen LogP contribution >= 0.6 is 11.6 Å². The summed E-state index contributed by atoms with van der Waals surface area (Å²) in [5, 5.41) is 3.44. The molecular weight excluding hydrogens is 360 g/mol. The number of hydrogen-bond donors (Lipinski definition) is 1. The molecule has 0 bridgehead atoms. The summed E-state index contributed by atoms with van der Waals surface area (Å²) < 4.78 is 0. The van der Waals surface area contributed by atoms with E-state index in [4.69, 9.17) is 11.6 Å². The molecule has 1 N–H and O–H groups in total. The lowest BCUT2D eigenvalue weighted by molar-refractivity contribution is -0.127. The van der Waals surface area contributed by atoms with E-state index >= 15 is 0 Å². The number of halogens is 1. The highest BCUT2D eigenvalue weighted by molar-refractivity contribution is 6.30. The van der Waals surface area contributed by atoms with Crippen LogP contribution in [0.25, 0.3) is 6.08 Å². The number of likely N-dealkylation sites (tertiary alicyclic amines) is 1. The average Bonchev–Trinajstić information content (AvgIpc) is 2.98. The van der Waals surface area contributed by atoms with Crippen molar-refractivity contribution in [2.45, 2.75) is 25.7 Å². The van der Waals surface area contributed by atoms with Gasteiger partial charge in [-0.2, -0.15) is 0 Å². The number of carbonyl (C=O) groups is 2. The highest BCUT2D eigenvalue weighted by atomic mass is 35.5. The molecule has 1 fully saturated rings. The van der Waals surface area contributed by atoms with E-state index in [1.807, 2.05) is 23.1 Å². The molecule has 3 rings (SSSR count). The Morgan fingerprint density at radius 2 is 1.52 bits per heavy atom. The standard InChI is InChI=1S/C22H23ClN2O2/c23-19-12-10-17(11-13-19)16-20(22(27)25-14-6-1-2-7-15-25)24-21(26)18-8-4-3-5-9-18/h3-5,8-13,16H,1-2,6-7,14-15H2,(H,24,26)/b20-16-. The second-order valence-corrected chi connectivity index (χ2v) is 7.07. The predicted octanol–water partition coefficient (Wildman–Crippen LogP) is 4.51. The normalized spacial score (nSPS) is 15.1. The molecule has 0 saturated carbocycles. The van der Waals surface area contributed by atoms with Gasteiger partial charge in [0.15, 0.2) is 0 Å². The summed E-state index contributed by atoms with van der Waals surface area (Å²) >= 11 is 5.95. The minimum absolute atomic E-state index is 0.142. The van der Waals surface area contributed by atoms with Crippen LogP contribution < -0.4 is 5.32 Å². The number of nitrogens with one attached hydrogen (secondary N) is 1. The van der Waals surface area contributed by atoms with Gasteiger partial charge in [0.25, 0.3) is 11.8 Å². The van der Waals surface area contributed by atoms with Crippen LogP contribution in [-0.4, -0.2) is 29.8 Å². The van der Waals surface area contributed by atoms with Gasteiger partial charge in [-0.25, -0.2) is 0 Å². The monoisotopic (exact) mass is 382 g/mol. The Morgan fingerprint density at radius 1 is 0.889 bits per heavy atom. The molecule has 0 aromatic heterocycles. The predicted molar refractivity (Wildman–Crippen MR) is 108 cm³/mol. The molecule has 2 aromatic carbocycles. The minimum atomic E-state index is -0.293. The maximum absolute atomic E-state index is 13.1. The smallest absolute Gasteiger partial charge is 0.270 e. The second-order valence-electron chi connectivity index (χ2n) is 6.64. The van der Waals surface area contributed by atoms with E-state index in [2.05, 4.69) is 5.32 Å². The number of benzene rings is 2. The molecule has 2 amide bonds. The first-order valence-electron chi connectivity index (χ1n) is 9.26. The van der Waals surface area contributed by atoms with Gasteiger partial charge < -0.3 is 10.2 Å². The third-order valence-electron chi connectivity index (χ3n) is 4.59. The molecule has 1 saturated heterocycles. The first-order valence-corrected chi connectivity index (χ1v) is 9.64. The van der Waals surface area contributed by atoms with E-state index in [1.54, 1.807) is 42.5 Å². The quantitative estimate of drug-likeness (QED) is 0.790. The van der Waals surface area contributed by atoms with E-state index < -0.39 is 0 Å². The fourth-order valence-electron chi connectivity index (χ4n) is 3.11. The summed E-state index contributed by atoms with van der Waals surface area (Å²) in [7, 11) is 0. The lowest BCUT2D eigenvalue weighted by Crippen LogP contribution is -2.39. The van der Waals surface area contributed by atoms with Crippen LogP contribution in [0.3, 0.4) is 0 Å². The maximum atomic E-state index is 13.1. The zero-order valence-corrected chi connectivity index (χ0v) is 15.9. The molecule has 0 radical (unpaired) electrons. The number of amides is 2. The van der Waals surface area contributed by atoms with E-state index in [0.717, 1.165) is 44.3 Å². The van der Waals surface area contributed by atoms with E-state index in [9.17, 15) is 9.59 Å². The first-order chi connectivity index (χ1) is 13.1. The van der Waals surface area contributed by atoms with Crippen molar-refractivity contribution in [1.29, 1.82) is 0 Å². The Bertz CT molecular complexity index is 808. The molecule has 0 spiro atoms. The second kappa shape index (κ2) is 9.38. The van der Waals surface area contributed by atoms with Crippen LogP contribution in [0.2, 0.25) is 5.02 Å². The lowest BCUT2D eigenvalue weighted by Gasteiger charge is -2.22. The summed E-state index contributed by atoms with van der Waals surface area (Å²) in [5.41, 5.74) is 1.61. The number of nitrogens with zero attached hydrogens (tertiary/aromatic N) is 1. The summed E-state index contributed by atoms with van der Waals surface area (Å²) in [4.78, 5) is 27.6. The van der Waals surface area contributed by atoms with Gasteiger partial charge in [0, 0.05) is 23.7 Å². The van der Waals surface area contributed by atoms with Crippen molar-refractivity contribution in [3.63, 3.8) is 0 Å². The molecule has 1 aliphatic rings. The zero-order valence-electron chi connectivity index (χ0n) is 15.2. The Balaban J connectivity index is 1.86. The summed E-state index contributed by atoms with van der Waals surface area (Å²) in [5.74, 6) is -0.435. The molecule has 4 nitrogen and oxygen atoms in total. The highest BCUT2D eigenvalue weighted by Crippen LogP contribution is 2.16. The van der Waals surface area contributed by atoms with Gasteiger partial charge in [-0.15, -0.1) is 0 Å². The molecule has 140 valence electrons. The van der Waals surface area contributed by atoms with Crippen LogP contribution in [0.15, 0.2) is 60.3 Å². The van der Waals surface area contributed by atoms with Crippen molar-refractivity contribution < 1.29 is 9.59 Å². The Kier molecular flexibility index (Phi) is 6.66. The Morgan fingerprint density at radius 3 is 2.15 bits per heavy atom. The van der Waals surface area contributed by atoms with Crippen molar-refractivity contribution >= 4 is 29.5 Å². The average molecular weight is 383 g/mol. The van der Waals surface area contributed by atoms with Crippen LogP contribution in [0.5, 0.6) is 0 Å². The number of rotatable bonds is 4. The number of carbonyl (C=O) groups excluding carboxylic acids is 2. The highest BCUT2D eigenvalue weighted by Gasteiger charge is 2.21. The van der Waals surface area contributed by atoms with Gasteiger partial charge in [0.2, 0.25) is 0 Å². The van der Waals surface area contributed by atoms with Crippen LogP contribution in [-0.2, 0) is 4.79 Å². The Hall–Kier alpha value is -2.59. The van der Waals surface area contributed by atoms with Crippen molar-refractivity contribution in [2.24, 2.45) is 0 Å². The SMILES string of the molecule is O=C(N/C(=C\c1ccc(Cl)cc1)C(=O)N1CCCCCC1)c1ccccc1. The van der Waals surface area contributed by atoms with E-state index in [1.165, 1.54) is 0 Å². The molecular formula is C22H23ClN2O2. The van der Waals surface area contributed by atoms with Crippen molar-refractivity contribution in [3.05, 3.63) is 76.4 Å². The minimum Gasteiger partial charge on any atom is -0.337 e. The van der Waals surface area contributed by atoms with Crippen LogP contribution in [0.4, 0.5) is 0 Å². The molecule has 0 unspecified atom stereocenters. The van der Waals surface area contributed by atoms with Gasteiger partial charge >= 0.3 is 0 Å². The molecule has 27 heavy (non-hydrogen) atoms. The van der Waals surface area contributed by atoms with Crippen LogP contribution in [0.1, 0.15) is 41.6 Å². The third kappa shape index (κ3) is 5.44. The van der Waals surface area contributed by atoms with Gasteiger partial charge in [0.05, 0.1) is 0 Å². The fraction of sp³-hybridized carbons (Fsp3) is 0.273. The van der Waals surface area contributed by atoms with E-state index in [0.29, 0.717) is 10.6 Å². The van der Waals surface area contributed by atoms with Crippen molar-refractivity contribution in [2.75, 3.05) is 13.1 Å². The summed E-state index contributed by atoms with van der Waals surface area (Å²) in [6.07, 6.45) is 5.97. The fourth-order valence-corrected chi connectivity index (χ4v) is 3.23. The van der Waals surface area contributed by atoms with E-state index in [-0.39, 0.29) is 17.5 Å². The largest absolute Gasteiger partial charge is 0.337 e. The number of hydrogen-bond acceptors (Lipinski definition) is 2. The zero-order chi connectivity index (χ0) is 19.1. The first kappa shape index (κ1) is 19.2. The van der Waals surface area contributed by atoms with Gasteiger partial charge in [0.1, 0.15) is 5.70 Å². The van der Waals surface area contributed by atoms with Crippen molar-refractivity contribution in [3.8, 4) is 0 Å². The lowest BCUT2D eigenvalue weighted by atomic mass is 10.1. The maximum Gasteiger partial charge on any atom is 0.270 e. The molecule has 2 aromatic rings. The van der Waals surface area contributed by atoms with Gasteiger partial charge in [-0.1, -0.05) is 54.8 Å². The van der Waals surface area contributed by atoms with Crippen LogP contribution in [0, 0.1) is 0 Å². The van der Waals surface area contributed by atoms with Gasteiger partial charge in [-0.05, 0) is 48.7 Å². The molecule has 0 aliphatic carbocycles. The molecule has 0 atom stereocenters. The molecule has 5 heteroatoms. The molecule has 1 heterocycles. The third-order valence-corrected chi connectivity index (χ3v) is 4.84. The topological polar surface area (TPSA) is 49.4 Å².